The van der Waals surface area contributed by atoms with Crippen LogP contribution in [0.4, 0.5) is 11.6 Å². The van der Waals surface area contributed by atoms with E-state index in [2.05, 4.69) is 14.7 Å². The molecule has 2 aromatic rings. The molecule has 0 atom stereocenters. The number of nitrogens with two attached hydrogens (primary N) is 1. The van der Waals surface area contributed by atoms with E-state index >= 15 is 0 Å². The lowest BCUT2D eigenvalue weighted by molar-refractivity contribution is 0.600. The maximum absolute atomic E-state index is 12.2. The Balaban J connectivity index is 2.31. The highest BCUT2D eigenvalue weighted by atomic mass is 32.2. The normalized spacial score (nSPS) is 11.2. The van der Waals surface area contributed by atoms with Crippen molar-refractivity contribution in [3.63, 3.8) is 0 Å². The Morgan fingerprint density at radius 1 is 1.20 bits per heavy atom. The van der Waals surface area contributed by atoms with Crippen LogP contribution >= 0.6 is 0 Å². The Kier molecular flexibility index (Phi) is 4.19. The molecule has 0 aliphatic rings. The number of sulfonamides is 1. The van der Waals surface area contributed by atoms with Gasteiger partial charge in [-0.3, -0.25) is 4.72 Å². The SMILES string of the molecule is CCCc1ccccc1NS(=O)(=O)c1cnc(N)nc1. The van der Waals surface area contributed by atoms with E-state index in [1.165, 1.54) is 12.4 Å². The van der Waals surface area contributed by atoms with Gasteiger partial charge < -0.3 is 5.73 Å². The minimum absolute atomic E-state index is 0.0157. The standard InChI is InChI=1S/C13H16N4O2S/c1-2-5-10-6-3-4-7-12(10)17-20(18,19)11-8-15-13(14)16-9-11/h3-4,6-9,17H,2,5H2,1H3,(H2,14,15,16). The second kappa shape index (κ2) is 5.87. The van der Waals surface area contributed by atoms with Crippen molar-refractivity contribution in [2.24, 2.45) is 0 Å². The van der Waals surface area contributed by atoms with Gasteiger partial charge in [-0.15, -0.1) is 0 Å². The van der Waals surface area contributed by atoms with Gasteiger partial charge in [0, 0.05) is 0 Å². The molecule has 20 heavy (non-hydrogen) atoms. The maximum atomic E-state index is 12.2. The van der Waals surface area contributed by atoms with E-state index in [9.17, 15) is 8.42 Å². The summed E-state index contributed by atoms with van der Waals surface area (Å²) in [6, 6.07) is 7.31. The zero-order valence-corrected chi connectivity index (χ0v) is 11.9. The number of hydrogen-bond acceptors (Lipinski definition) is 5. The van der Waals surface area contributed by atoms with E-state index in [0.717, 1.165) is 18.4 Å². The number of anilines is 2. The highest BCUT2D eigenvalue weighted by Crippen LogP contribution is 2.20. The largest absolute Gasteiger partial charge is 0.368 e. The van der Waals surface area contributed by atoms with Crippen LogP contribution in [0.2, 0.25) is 0 Å². The van der Waals surface area contributed by atoms with Gasteiger partial charge in [-0.25, -0.2) is 18.4 Å². The molecule has 0 spiro atoms. The molecule has 1 aromatic carbocycles. The zero-order chi connectivity index (χ0) is 14.6. The van der Waals surface area contributed by atoms with Gasteiger partial charge in [0.25, 0.3) is 10.0 Å². The van der Waals surface area contributed by atoms with E-state index in [-0.39, 0.29) is 10.8 Å². The summed E-state index contributed by atoms with van der Waals surface area (Å²) >= 11 is 0. The third-order valence-corrected chi connectivity index (χ3v) is 4.06. The Morgan fingerprint density at radius 2 is 1.85 bits per heavy atom. The molecule has 1 aromatic heterocycles. The third-order valence-electron chi connectivity index (χ3n) is 2.74. The maximum Gasteiger partial charge on any atom is 0.264 e. The van der Waals surface area contributed by atoms with Crippen LogP contribution in [0, 0.1) is 0 Å². The van der Waals surface area contributed by atoms with Gasteiger partial charge in [0.05, 0.1) is 18.1 Å². The van der Waals surface area contributed by atoms with E-state index in [1.807, 2.05) is 19.1 Å². The van der Waals surface area contributed by atoms with Gasteiger partial charge >= 0.3 is 0 Å². The fraction of sp³-hybridized carbons (Fsp3) is 0.231. The number of aryl methyl sites for hydroxylation is 1. The summed E-state index contributed by atoms with van der Waals surface area (Å²) in [6.45, 7) is 2.04. The molecule has 0 fully saturated rings. The molecule has 1 heterocycles. The number of hydrogen-bond donors (Lipinski definition) is 2. The minimum atomic E-state index is -3.70. The number of aromatic nitrogens is 2. The molecule has 2 rings (SSSR count). The second-order valence-corrected chi connectivity index (χ2v) is 5.97. The van der Waals surface area contributed by atoms with Crippen LogP contribution in [-0.2, 0) is 16.4 Å². The summed E-state index contributed by atoms with van der Waals surface area (Å²) in [5.41, 5.74) is 6.88. The average Bonchev–Trinajstić information content (AvgIpc) is 2.41. The molecule has 106 valence electrons. The predicted octanol–water partition coefficient (Wildman–Crippen LogP) is 1.81. The molecule has 7 heteroatoms. The molecule has 0 aliphatic heterocycles. The average molecular weight is 292 g/mol. The molecule has 3 N–H and O–H groups in total. The monoisotopic (exact) mass is 292 g/mol. The van der Waals surface area contributed by atoms with E-state index in [1.54, 1.807) is 12.1 Å². The fourth-order valence-electron chi connectivity index (χ4n) is 1.78. The molecule has 6 nitrogen and oxygen atoms in total. The molecule has 0 radical (unpaired) electrons. The van der Waals surface area contributed by atoms with Gasteiger partial charge in [0.15, 0.2) is 0 Å². The topological polar surface area (TPSA) is 98.0 Å². The van der Waals surface area contributed by atoms with Crippen molar-refractivity contribution in [2.75, 3.05) is 10.5 Å². The highest BCUT2D eigenvalue weighted by molar-refractivity contribution is 7.92. The lowest BCUT2D eigenvalue weighted by Crippen LogP contribution is -2.15. The van der Waals surface area contributed by atoms with Crippen molar-refractivity contribution in [1.29, 1.82) is 0 Å². The Bertz CT molecular complexity index is 684. The van der Waals surface area contributed by atoms with Crippen LogP contribution in [0.15, 0.2) is 41.6 Å². The van der Waals surface area contributed by atoms with Crippen molar-refractivity contribution in [3.8, 4) is 0 Å². The molecule has 0 bridgehead atoms. The molecule has 0 saturated heterocycles. The van der Waals surface area contributed by atoms with Crippen molar-refractivity contribution in [1.82, 2.24) is 9.97 Å². The minimum Gasteiger partial charge on any atom is -0.368 e. The third kappa shape index (κ3) is 3.24. The fourth-order valence-corrected chi connectivity index (χ4v) is 2.77. The van der Waals surface area contributed by atoms with Crippen LogP contribution in [0.1, 0.15) is 18.9 Å². The highest BCUT2D eigenvalue weighted by Gasteiger charge is 2.16. The number of nitrogens with zero attached hydrogens (tertiary/aromatic N) is 2. The van der Waals surface area contributed by atoms with Crippen LogP contribution in [0.5, 0.6) is 0 Å². The molecule has 0 saturated carbocycles. The number of nitrogens with one attached hydrogen (secondary N) is 1. The van der Waals surface area contributed by atoms with Gasteiger partial charge in [-0.2, -0.15) is 0 Å². The number of rotatable bonds is 5. The summed E-state index contributed by atoms with van der Waals surface area (Å²) in [5, 5.41) is 0. The smallest absolute Gasteiger partial charge is 0.264 e. The zero-order valence-electron chi connectivity index (χ0n) is 11.1. The molecule has 0 aliphatic carbocycles. The summed E-state index contributed by atoms with van der Waals surface area (Å²) in [4.78, 5) is 7.37. The first-order chi connectivity index (χ1) is 9.53. The predicted molar refractivity (Wildman–Crippen MR) is 77.7 cm³/mol. The molecule has 0 amide bonds. The summed E-state index contributed by atoms with van der Waals surface area (Å²) < 4.78 is 27.0. The number of nitrogen functional groups attached to an aromatic ring is 1. The Hall–Kier alpha value is -2.15. The van der Waals surface area contributed by atoms with Crippen LogP contribution < -0.4 is 10.5 Å². The first-order valence-corrected chi connectivity index (χ1v) is 7.69. The quantitative estimate of drug-likeness (QED) is 0.875. The lowest BCUT2D eigenvalue weighted by atomic mass is 10.1. The van der Waals surface area contributed by atoms with Crippen molar-refractivity contribution >= 4 is 21.7 Å². The summed E-state index contributed by atoms with van der Waals surface area (Å²) in [6.07, 6.45) is 4.11. The van der Waals surface area contributed by atoms with E-state index < -0.39 is 10.0 Å². The lowest BCUT2D eigenvalue weighted by Gasteiger charge is -2.11. The van der Waals surface area contributed by atoms with E-state index in [0.29, 0.717) is 5.69 Å². The van der Waals surface area contributed by atoms with Crippen molar-refractivity contribution in [2.45, 2.75) is 24.7 Å². The molecular formula is C13H16N4O2S. The van der Waals surface area contributed by atoms with Crippen LogP contribution in [0.25, 0.3) is 0 Å². The van der Waals surface area contributed by atoms with Crippen LogP contribution in [-0.4, -0.2) is 18.4 Å². The van der Waals surface area contributed by atoms with Gasteiger partial charge in [0.2, 0.25) is 5.95 Å². The van der Waals surface area contributed by atoms with E-state index in [4.69, 9.17) is 5.73 Å². The van der Waals surface area contributed by atoms with Crippen molar-refractivity contribution < 1.29 is 8.42 Å². The summed E-state index contributed by atoms with van der Waals surface area (Å²) in [5.74, 6) is 0.0373. The first kappa shape index (κ1) is 14.3. The molecular weight excluding hydrogens is 276 g/mol. The number of para-hydroxylation sites is 1. The second-order valence-electron chi connectivity index (χ2n) is 4.29. The van der Waals surface area contributed by atoms with Crippen LogP contribution in [0.3, 0.4) is 0 Å². The molecule has 0 unspecified atom stereocenters. The summed E-state index contributed by atoms with van der Waals surface area (Å²) in [7, 11) is -3.70. The Morgan fingerprint density at radius 3 is 2.50 bits per heavy atom. The number of benzene rings is 1. The van der Waals surface area contributed by atoms with Gasteiger partial charge in [-0.1, -0.05) is 31.5 Å². The van der Waals surface area contributed by atoms with Crippen molar-refractivity contribution in [3.05, 3.63) is 42.2 Å². The van der Waals surface area contributed by atoms with Gasteiger partial charge in [-0.05, 0) is 18.1 Å². The Labute approximate surface area is 118 Å². The van der Waals surface area contributed by atoms with Gasteiger partial charge in [0.1, 0.15) is 4.90 Å². The first-order valence-electron chi connectivity index (χ1n) is 6.21.